The number of nitrogens with two attached hydrogens (primary N) is 1. The second kappa shape index (κ2) is 5.18. The van der Waals surface area contributed by atoms with Crippen LogP contribution in [0.15, 0.2) is 16.6 Å². The van der Waals surface area contributed by atoms with E-state index in [4.69, 9.17) is 26.8 Å². The Bertz CT molecular complexity index is 672. The maximum Gasteiger partial charge on any atom is 0.175 e. The second-order valence-corrected chi connectivity index (χ2v) is 5.78. The summed E-state index contributed by atoms with van der Waals surface area (Å²) in [7, 11) is 0. The normalized spacial score (nSPS) is 13.6. The van der Waals surface area contributed by atoms with E-state index in [0.29, 0.717) is 30.6 Å². The zero-order valence-electron chi connectivity index (χ0n) is 10.8. The van der Waals surface area contributed by atoms with Gasteiger partial charge in [0, 0.05) is 0 Å². The lowest BCUT2D eigenvalue weighted by molar-refractivity contribution is 0.170. The van der Waals surface area contributed by atoms with Crippen molar-refractivity contribution in [2.45, 2.75) is 13.5 Å². The van der Waals surface area contributed by atoms with Crippen LogP contribution in [0.25, 0.3) is 0 Å². The molecule has 0 fully saturated rings. The molecular formula is C13H13BrClN3O2. The van der Waals surface area contributed by atoms with Crippen LogP contribution in [0.5, 0.6) is 11.5 Å². The molecule has 2 aromatic rings. The van der Waals surface area contributed by atoms with Gasteiger partial charge in [0.25, 0.3) is 0 Å². The largest absolute Gasteiger partial charge is 0.486 e. The molecule has 1 aromatic carbocycles. The van der Waals surface area contributed by atoms with Crippen molar-refractivity contribution < 1.29 is 9.47 Å². The van der Waals surface area contributed by atoms with Crippen molar-refractivity contribution in [1.82, 2.24) is 9.78 Å². The number of benzene rings is 1. The molecule has 0 saturated heterocycles. The summed E-state index contributed by atoms with van der Waals surface area (Å²) >= 11 is 9.54. The van der Waals surface area contributed by atoms with Gasteiger partial charge in [-0.1, -0.05) is 11.6 Å². The van der Waals surface area contributed by atoms with Crippen molar-refractivity contribution in [3.63, 3.8) is 0 Å². The summed E-state index contributed by atoms with van der Waals surface area (Å²) in [4.78, 5) is 0. The Balaban J connectivity index is 1.95. The summed E-state index contributed by atoms with van der Waals surface area (Å²) < 4.78 is 13.7. The lowest BCUT2D eigenvalue weighted by atomic mass is 10.2. The fourth-order valence-corrected chi connectivity index (χ4v) is 2.87. The van der Waals surface area contributed by atoms with Crippen molar-refractivity contribution in [1.29, 1.82) is 0 Å². The number of aromatic nitrogens is 2. The van der Waals surface area contributed by atoms with Gasteiger partial charge in [-0.2, -0.15) is 5.10 Å². The summed E-state index contributed by atoms with van der Waals surface area (Å²) in [5.74, 6) is 1.94. The fraction of sp³-hybridized carbons (Fsp3) is 0.308. The number of anilines is 1. The van der Waals surface area contributed by atoms with Crippen LogP contribution >= 0.6 is 27.5 Å². The molecule has 0 unspecified atom stereocenters. The van der Waals surface area contributed by atoms with Gasteiger partial charge >= 0.3 is 0 Å². The number of rotatable bonds is 2. The van der Waals surface area contributed by atoms with Gasteiger partial charge in [-0.3, -0.25) is 0 Å². The van der Waals surface area contributed by atoms with Crippen LogP contribution in [0.2, 0.25) is 5.02 Å². The number of hydrogen-bond acceptors (Lipinski definition) is 4. The number of aryl methyl sites for hydroxylation is 1. The number of fused-ring (bicyclic) bond motifs is 1. The van der Waals surface area contributed by atoms with Crippen LogP contribution in [0.1, 0.15) is 11.3 Å². The minimum absolute atomic E-state index is 0.468. The van der Waals surface area contributed by atoms with E-state index in [2.05, 4.69) is 21.0 Å². The number of hydrogen-bond donors (Lipinski definition) is 1. The molecule has 0 saturated carbocycles. The van der Waals surface area contributed by atoms with Crippen LogP contribution in [0.4, 0.5) is 5.82 Å². The van der Waals surface area contributed by atoms with E-state index in [1.165, 1.54) is 0 Å². The molecule has 3 rings (SSSR count). The van der Waals surface area contributed by atoms with Gasteiger partial charge in [-0.25, -0.2) is 4.68 Å². The highest BCUT2D eigenvalue weighted by Crippen LogP contribution is 2.38. The monoisotopic (exact) mass is 357 g/mol. The molecule has 106 valence electrons. The predicted molar refractivity (Wildman–Crippen MR) is 80.6 cm³/mol. The third-order valence-electron chi connectivity index (χ3n) is 3.08. The van der Waals surface area contributed by atoms with Crippen LogP contribution < -0.4 is 15.2 Å². The van der Waals surface area contributed by atoms with Crippen LogP contribution in [-0.2, 0) is 6.54 Å². The van der Waals surface area contributed by atoms with Gasteiger partial charge in [0.1, 0.15) is 24.1 Å². The van der Waals surface area contributed by atoms with Crippen molar-refractivity contribution in [2.24, 2.45) is 0 Å². The number of halogens is 2. The van der Waals surface area contributed by atoms with Gasteiger partial charge < -0.3 is 15.2 Å². The zero-order valence-corrected chi connectivity index (χ0v) is 13.2. The SMILES string of the molecule is Cc1nn(Cc2cc(Br)c3c(c2)OCCO3)c(N)c1Cl. The topological polar surface area (TPSA) is 62.3 Å². The summed E-state index contributed by atoms with van der Waals surface area (Å²) in [6, 6.07) is 3.90. The molecule has 0 amide bonds. The third-order valence-corrected chi connectivity index (χ3v) is 4.14. The van der Waals surface area contributed by atoms with E-state index in [1.54, 1.807) is 4.68 Å². The zero-order chi connectivity index (χ0) is 14.3. The van der Waals surface area contributed by atoms with E-state index < -0.39 is 0 Å². The standard InChI is InChI=1S/C13H13BrClN3O2/c1-7-11(15)13(16)18(17-7)6-8-4-9(14)12-10(5-8)19-2-3-20-12/h4-5H,2-3,6,16H2,1H3. The molecule has 0 aliphatic carbocycles. The summed E-state index contributed by atoms with van der Waals surface area (Å²) in [5, 5.41) is 4.82. The average Bonchev–Trinajstić information content (AvgIpc) is 2.66. The first-order valence-electron chi connectivity index (χ1n) is 6.12. The van der Waals surface area contributed by atoms with E-state index in [1.807, 2.05) is 19.1 Å². The molecular weight excluding hydrogens is 346 g/mol. The number of nitrogen functional groups attached to an aromatic ring is 1. The first kappa shape index (κ1) is 13.6. The lowest BCUT2D eigenvalue weighted by Crippen LogP contribution is -2.16. The summed E-state index contributed by atoms with van der Waals surface area (Å²) in [6.45, 7) is 3.47. The van der Waals surface area contributed by atoms with Crippen molar-refractivity contribution in [3.05, 3.63) is 32.9 Å². The lowest BCUT2D eigenvalue weighted by Gasteiger charge is -2.20. The van der Waals surface area contributed by atoms with Gasteiger partial charge in [0.15, 0.2) is 11.5 Å². The van der Waals surface area contributed by atoms with E-state index >= 15 is 0 Å². The average molecular weight is 359 g/mol. The highest BCUT2D eigenvalue weighted by Gasteiger charge is 2.17. The van der Waals surface area contributed by atoms with Gasteiger partial charge in [-0.05, 0) is 40.5 Å². The Hall–Kier alpha value is -1.40. The first-order chi connectivity index (χ1) is 9.56. The molecule has 20 heavy (non-hydrogen) atoms. The maximum absolute atomic E-state index is 6.05. The molecule has 0 spiro atoms. The highest BCUT2D eigenvalue weighted by molar-refractivity contribution is 9.10. The Morgan fingerprint density at radius 2 is 2.15 bits per heavy atom. The number of ether oxygens (including phenoxy) is 2. The van der Waals surface area contributed by atoms with Crippen LogP contribution in [0, 0.1) is 6.92 Å². The second-order valence-electron chi connectivity index (χ2n) is 4.54. The summed E-state index contributed by atoms with van der Waals surface area (Å²) in [6.07, 6.45) is 0. The van der Waals surface area contributed by atoms with Crippen LogP contribution in [-0.4, -0.2) is 23.0 Å². The fourth-order valence-electron chi connectivity index (χ4n) is 2.13. The minimum Gasteiger partial charge on any atom is -0.486 e. The Morgan fingerprint density at radius 1 is 1.40 bits per heavy atom. The molecule has 7 heteroatoms. The van der Waals surface area contributed by atoms with E-state index in [9.17, 15) is 0 Å². The van der Waals surface area contributed by atoms with Gasteiger partial charge in [0.2, 0.25) is 0 Å². The first-order valence-corrected chi connectivity index (χ1v) is 7.29. The Labute approximate surface area is 129 Å². The van der Waals surface area contributed by atoms with Crippen molar-refractivity contribution >= 4 is 33.3 Å². The molecule has 0 radical (unpaired) electrons. The van der Waals surface area contributed by atoms with E-state index in [-0.39, 0.29) is 0 Å². The van der Waals surface area contributed by atoms with E-state index in [0.717, 1.165) is 27.2 Å². The molecule has 2 N–H and O–H groups in total. The predicted octanol–water partition coefficient (Wildman–Crippen LogP) is 3.01. The quantitative estimate of drug-likeness (QED) is 0.896. The van der Waals surface area contributed by atoms with Crippen molar-refractivity contribution in [2.75, 3.05) is 18.9 Å². The Kier molecular flexibility index (Phi) is 3.52. The minimum atomic E-state index is 0.468. The number of nitrogens with zero attached hydrogens (tertiary/aromatic N) is 2. The highest BCUT2D eigenvalue weighted by atomic mass is 79.9. The third kappa shape index (κ3) is 2.33. The molecule has 1 aromatic heterocycles. The summed E-state index contributed by atoms with van der Waals surface area (Å²) in [5.41, 5.74) is 7.66. The molecule has 1 aliphatic rings. The van der Waals surface area contributed by atoms with Gasteiger partial charge in [-0.15, -0.1) is 0 Å². The Morgan fingerprint density at radius 3 is 2.85 bits per heavy atom. The van der Waals surface area contributed by atoms with Crippen LogP contribution in [0.3, 0.4) is 0 Å². The molecule has 1 aliphatic heterocycles. The molecule has 0 atom stereocenters. The maximum atomic E-state index is 6.05. The van der Waals surface area contributed by atoms with Gasteiger partial charge in [0.05, 0.1) is 16.7 Å². The molecule has 2 heterocycles. The smallest absolute Gasteiger partial charge is 0.175 e. The van der Waals surface area contributed by atoms with Crippen molar-refractivity contribution in [3.8, 4) is 11.5 Å². The molecule has 5 nitrogen and oxygen atoms in total. The molecule has 0 bridgehead atoms.